The second kappa shape index (κ2) is 8.86. The summed E-state index contributed by atoms with van der Waals surface area (Å²) >= 11 is 0. The number of rotatable bonds is 5. The summed E-state index contributed by atoms with van der Waals surface area (Å²) in [6, 6.07) is 9.11. The Balaban J connectivity index is 1.83. The van der Waals surface area contributed by atoms with Crippen LogP contribution < -0.4 is 20.1 Å². The Morgan fingerprint density at radius 3 is 2.62 bits per heavy atom. The van der Waals surface area contributed by atoms with E-state index < -0.39 is 5.92 Å². The van der Waals surface area contributed by atoms with Gasteiger partial charge in [-0.05, 0) is 44.4 Å². The molecule has 0 bridgehead atoms. The van der Waals surface area contributed by atoms with Crippen LogP contribution in [0.4, 0.5) is 5.82 Å². The van der Waals surface area contributed by atoms with Crippen molar-refractivity contribution < 1.29 is 19.1 Å². The van der Waals surface area contributed by atoms with Gasteiger partial charge in [-0.3, -0.25) is 9.59 Å². The Morgan fingerprint density at radius 2 is 1.94 bits per heavy atom. The van der Waals surface area contributed by atoms with Crippen LogP contribution in [0.3, 0.4) is 0 Å². The van der Waals surface area contributed by atoms with E-state index in [9.17, 15) is 9.59 Å². The molecule has 1 aromatic heterocycles. The number of Topliss-reactive ketones (excluding diaryl/α,β-unsaturated/α-hetero) is 1. The fourth-order valence-corrected chi connectivity index (χ4v) is 4.38. The average molecular weight is 434 g/mol. The number of ether oxygens (including phenoxy) is 2. The van der Waals surface area contributed by atoms with Gasteiger partial charge in [-0.2, -0.15) is 0 Å². The first-order valence-corrected chi connectivity index (χ1v) is 10.6. The number of hydrogen-bond donors (Lipinski definition) is 2. The number of anilines is 1. The van der Waals surface area contributed by atoms with Gasteiger partial charge in [0.05, 0.1) is 20.1 Å². The van der Waals surface area contributed by atoms with Crippen molar-refractivity contribution in [3.8, 4) is 11.5 Å². The molecule has 4 rings (SSSR count). The molecule has 7 nitrogen and oxygen atoms in total. The van der Waals surface area contributed by atoms with Gasteiger partial charge in [0.15, 0.2) is 5.78 Å². The zero-order valence-electron chi connectivity index (χ0n) is 18.7. The van der Waals surface area contributed by atoms with E-state index in [1.165, 1.54) is 0 Å². The highest BCUT2D eigenvalue weighted by atomic mass is 16.5. The van der Waals surface area contributed by atoms with Crippen molar-refractivity contribution in [3.05, 3.63) is 70.2 Å². The molecule has 1 aromatic carbocycles. The predicted molar refractivity (Wildman–Crippen MR) is 122 cm³/mol. The van der Waals surface area contributed by atoms with E-state index >= 15 is 0 Å². The molecule has 1 atom stereocenters. The summed E-state index contributed by atoms with van der Waals surface area (Å²) < 4.78 is 11.0. The molecule has 32 heavy (non-hydrogen) atoms. The Labute approximate surface area is 187 Å². The quantitative estimate of drug-likeness (QED) is 0.741. The van der Waals surface area contributed by atoms with Crippen LogP contribution in [0.25, 0.3) is 0 Å². The number of allylic oxidation sites excluding steroid dienone is 3. The predicted octanol–water partition coefficient (Wildman–Crippen LogP) is 4.01. The second-order valence-electron chi connectivity index (χ2n) is 8.05. The van der Waals surface area contributed by atoms with Crippen LogP contribution >= 0.6 is 0 Å². The largest absolute Gasteiger partial charge is 0.497 e. The fourth-order valence-electron chi connectivity index (χ4n) is 4.38. The van der Waals surface area contributed by atoms with E-state index in [2.05, 4.69) is 15.6 Å². The summed E-state index contributed by atoms with van der Waals surface area (Å²) in [6.07, 6.45) is 3.72. The number of ketones is 1. The molecule has 0 unspecified atom stereocenters. The minimum Gasteiger partial charge on any atom is -0.497 e. The molecule has 166 valence electrons. The van der Waals surface area contributed by atoms with Crippen LogP contribution in [0.1, 0.15) is 43.2 Å². The van der Waals surface area contributed by atoms with Crippen molar-refractivity contribution in [2.75, 3.05) is 19.5 Å². The fraction of sp³-hybridized carbons (Fsp3) is 0.320. The van der Waals surface area contributed by atoms with Crippen molar-refractivity contribution >= 4 is 17.5 Å². The van der Waals surface area contributed by atoms with Crippen LogP contribution in [0.15, 0.2) is 59.1 Å². The Bertz CT molecular complexity index is 1130. The minimum absolute atomic E-state index is 0.0490. The van der Waals surface area contributed by atoms with Gasteiger partial charge in [0.2, 0.25) is 0 Å². The summed E-state index contributed by atoms with van der Waals surface area (Å²) in [5.41, 5.74) is 4.45. The van der Waals surface area contributed by atoms with Gasteiger partial charge in [-0.25, -0.2) is 4.98 Å². The van der Waals surface area contributed by atoms with E-state index in [-0.39, 0.29) is 11.7 Å². The van der Waals surface area contributed by atoms with Crippen LogP contribution in [-0.2, 0) is 9.59 Å². The number of benzene rings is 1. The molecule has 0 fully saturated rings. The number of carbonyl (C=O) groups excluding carboxylic acids is 2. The van der Waals surface area contributed by atoms with Gasteiger partial charge in [0, 0.05) is 46.8 Å². The lowest BCUT2D eigenvalue weighted by Gasteiger charge is -2.35. The van der Waals surface area contributed by atoms with Gasteiger partial charge in [0.1, 0.15) is 17.3 Å². The Morgan fingerprint density at radius 1 is 1.12 bits per heavy atom. The zero-order chi connectivity index (χ0) is 22.8. The number of nitrogens with one attached hydrogen (secondary N) is 2. The number of hydrogen-bond acceptors (Lipinski definition) is 6. The molecule has 0 saturated carbocycles. The van der Waals surface area contributed by atoms with E-state index in [0.717, 1.165) is 29.7 Å². The molecule has 1 aliphatic heterocycles. The van der Waals surface area contributed by atoms with Gasteiger partial charge >= 0.3 is 0 Å². The first kappa shape index (κ1) is 21.6. The SMILES string of the molecule is COc1ccc([C@@H]2C(C(=O)Nc3ccc(C)cn3)=C(C)NC3=C2C(=O)CCC3)c(OC)c1. The van der Waals surface area contributed by atoms with Gasteiger partial charge in [0.25, 0.3) is 5.91 Å². The molecule has 2 aromatic rings. The normalized spacial score (nSPS) is 18.1. The van der Waals surface area contributed by atoms with Gasteiger partial charge in [-0.1, -0.05) is 12.1 Å². The molecule has 2 N–H and O–H groups in total. The highest BCUT2D eigenvalue weighted by Gasteiger charge is 2.39. The highest BCUT2D eigenvalue weighted by molar-refractivity contribution is 6.09. The number of pyridine rings is 1. The molecule has 2 heterocycles. The summed E-state index contributed by atoms with van der Waals surface area (Å²) in [5, 5.41) is 6.22. The number of dihydropyridines is 1. The van der Waals surface area contributed by atoms with Crippen molar-refractivity contribution in [1.82, 2.24) is 10.3 Å². The first-order valence-electron chi connectivity index (χ1n) is 10.6. The smallest absolute Gasteiger partial charge is 0.255 e. The molecule has 0 saturated heterocycles. The maximum absolute atomic E-state index is 13.5. The number of aromatic nitrogens is 1. The highest BCUT2D eigenvalue weighted by Crippen LogP contribution is 2.45. The van der Waals surface area contributed by atoms with Crippen LogP contribution in [0.5, 0.6) is 11.5 Å². The number of aryl methyl sites for hydroxylation is 1. The Hall–Kier alpha value is -3.61. The zero-order valence-corrected chi connectivity index (χ0v) is 18.7. The number of carbonyl (C=O) groups is 2. The van der Waals surface area contributed by atoms with E-state index in [0.29, 0.717) is 40.6 Å². The molecular weight excluding hydrogens is 406 g/mol. The van der Waals surface area contributed by atoms with Crippen molar-refractivity contribution in [2.45, 2.75) is 39.0 Å². The molecule has 0 spiro atoms. The van der Waals surface area contributed by atoms with Crippen LogP contribution in [-0.4, -0.2) is 30.9 Å². The standard InChI is InChI=1S/C25H27N3O4/c1-14-8-11-21(26-13-14)28-25(30)22-15(2)27-18-6-5-7-19(29)24(18)23(22)17-10-9-16(31-3)12-20(17)32-4/h8-13,23,27H,5-7H2,1-4H3,(H,26,28,30)/t23-/m1/s1. The van der Waals surface area contributed by atoms with Crippen LogP contribution in [0.2, 0.25) is 0 Å². The number of methoxy groups -OCH3 is 2. The number of nitrogens with zero attached hydrogens (tertiary/aromatic N) is 1. The molecular formula is C25H27N3O4. The van der Waals surface area contributed by atoms with E-state index in [4.69, 9.17) is 9.47 Å². The molecule has 1 aliphatic carbocycles. The third-order valence-electron chi connectivity index (χ3n) is 5.93. The van der Waals surface area contributed by atoms with Gasteiger partial charge in [-0.15, -0.1) is 0 Å². The van der Waals surface area contributed by atoms with E-state index in [1.807, 2.05) is 32.0 Å². The third kappa shape index (κ3) is 3.98. The van der Waals surface area contributed by atoms with Crippen molar-refractivity contribution in [2.24, 2.45) is 0 Å². The van der Waals surface area contributed by atoms with Gasteiger partial charge < -0.3 is 20.1 Å². The van der Waals surface area contributed by atoms with Crippen LogP contribution in [0, 0.1) is 6.92 Å². The summed E-state index contributed by atoms with van der Waals surface area (Å²) in [7, 11) is 3.16. The topological polar surface area (TPSA) is 89.5 Å². The molecule has 1 amide bonds. The number of amides is 1. The summed E-state index contributed by atoms with van der Waals surface area (Å²) in [4.78, 5) is 30.9. The third-order valence-corrected chi connectivity index (χ3v) is 5.93. The molecule has 7 heteroatoms. The van der Waals surface area contributed by atoms with Crippen molar-refractivity contribution in [3.63, 3.8) is 0 Å². The maximum atomic E-state index is 13.5. The molecule has 2 aliphatic rings. The van der Waals surface area contributed by atoms with E-state index in [1.54, 1.807) is 32.5 Å². The second-order valence-corrected chi connectivity index (χ2v) is 8.05. The maximum Gasteiger partial charge on any atom is 0.255 e. The summed E-state index contributed by atoms with van der Waals surface area (Å²) in [5.74, 6) is 0.848. The lowest BCUT2D eigenvalue weighted by atomic mass is 9.74. The average Bonchev–Trinajstić information content (AvgIpc) is 2.79. The minimum atomic E-state index is -0.551. The first-order chi connectivity index (χ1) is 15.4. The van der Waals surface area contributed by atoms with Crippen molar-refractivity contribution in [1.29, 1.82) is 0 Å². The Kier molecular flexibility index (Phi) is 5.99. The summed E-state index contributed by atoms with van der Waals surface area (Å²) in [6.45, 7) is 3.80. The lowest BCUT2D eigenvalue weighted by Crippen LogP contribution is -2.35. The lowest BCUT2D eigenvalue weighted by molar-refractivity contribution is -0.116. The monoisotopic (exact) mass is 433 g/mol. The molecule has 0 radical (unpaired) electrons.